The minimum atomic E-state index is 0.787. The molecule has 0 radical (unpaired) electrons. The van der Waals surface area contributed by atoms with Crippen molar-refractivity contribution in [3.8, 4) is 0 Å². The van der Waals surface area contributed by atoms with Gasteiger partial charge < -0.3 is 4.90 Å². The summed E-state index contributed by atoms with van der Waals surface area (Å²) in [5, 5.41) is 0.961. The van der Waals surface area contributed by atoms with Gasteiger partial charge in [-0.15, -0.1) is 0 Å². The third kappa shape index (κ3) is 3.02. The van der Waals surface area contributed by atoms with Crippen molar-refractivity contribution < 1.29 is 4.79 Å². The molecule has 1 aromatic rings. The van der Waals surface area contributed by atoms with Crippen molar-refractivity contribution in [2.75, 3.05) is 18.5 Å². The molecule has 0 atom stereocenters. The number of carbonyl (C=O) groups is 1. The molecule has 0 N–H and O–H groups in total. The summed E-state index contributed by atoms with van der Waals surface area (Å²) in [5.74, 6) is 0. The number of nitrogens with zero attached hydrogens (tertiary/aromatic N) is 2. The second kappa shape index (κ2) is 5.85. The maximum atomic E-state index is 10.8. The van der Waals surface area contributed by atoms with E-state index in [-0.39, 0.29) is 0 Å². The van der Waals surface area contributed by atoms with Gasteiger partial charge in [0.2, 0.25) is 0 Å². The average Bonchev–Trinajstić information content (AvgIpc) is 2.62. The maximum Gasteiger partial charge on any atom is 0.185 e. The Hall–Kier alpha value is -0.900. The Morgan fingerprint density at radius 2 is 2.13 bits per heavy atom. The fourth-order valence-corrected chi connectivity index (χ4v) is 2.37. The molecule has 0 bridgehead atoms. The van der Waals surface area contributed by atoms with Gasteiger partial charge in [0.05, 0.1) is 10.6 Å². The molecule has 0 aromatic carbocycles. The highest BCUT2D eigenvalue weighted by Crippen LogP contribution is 2.25. The van der Waals surface area contributed by atoms with Crippen LogP contribution in [0.15, 0.2) is 0 Å². The van der Waals surface area contributed by atoms with Crippen molar-refractivity contribution in [2.45, 2.75) is 33.1 Å². The molecule has 15 heavy (non-hydrogen) atoms. The number of hydrogen-bond acceptors (Lipinski definition) is 4. The Labute approximate surface area is 95.1 Å². The van der Waals surface area contributed by atoms with Gasteiger partial charge in [0.1, 0.15) is 0 Å². The smallest absolute Gasteiger partial charge is 0.185 e. The van der Waals surface area contributed by atoms with Crippen LogP contribution in [0.25, 0.3) is 0 Å². The average molecular weight is 226 g/mol. The zero-order valence-corrected chi connectivity index (χ0v) is 10.4. The summed E-state index contributed by atoms with van der Waals surface area (Å²) in [7, 11) is 2.02. The first-order valence-corrected chi connectivity index (χ1v) is 6.20. The summed E-state index contributed by atoms with van der Waals surface area (Å²) in [5.41, 5.74) is 0.954. The first kappa shape index (κ1) is 12.2. The fraction of sp³-hybridized carbons (Fsp3) is 0.636. The minimum Gasteiger partial charge on any atom is -0.351 e. The third-order valence-electron chi connectivity index (χ3n) is 2.20. The summed E-state index contributed by atoms with van der Waals surface area (Å²) in [6, 6.07) is 0. The molecule has 0 aliphatic carbocycles. The molecule has 0 aliphatic heterocycles. The summed E-state index contributed by atoms with van der Waals surface area (Å²) in [6.45, 7) is 5.22. The van der Waals surface area contributed by atoms with E-state index in [9.17, 15) is 4.79 Å². The fourth-order valence-electron chi connectivity index (χ4n) is 1.45. The van der Waals surface area contributed by atoms with Gasteiger partial charge in [-0.3, -0.25) is 4.79 Å². The standard InChI is InChI=1S/C11H18N2OS/c1-4-6-9-10(8-14)15-11(12-9)13(3)7-5-2/h8H,4-7H2,1-3H3. The SMILES string of the molecule is CCCc1nc(N(C)CCC)sc1C=O. The zero-order chi connectivity index (χ0) is 11.3. The molecule has 0 saturated heterocycles. The predicted molar refractivity (Wildman–Crippen MR) is 65.1 cm³/mol. The lowest BCUT2D eigenvalue weighted by molar-refractivity contribution is 0.112. The third-order valence-corrected chi connectivity index (χ3v) is 3.33. The van der Waals surface area contributed by atoms with E-state index in [1.165, 1.54) is 11.3 Å². The molecule has 1 aromatic heterocycles. The van der Waals surface area contributed by atoms with E-state index in [1.807, 2.05) is 7.05 Å². The number of rotatable bonds is 6. The predicted octanol–water partition coefficient (Wildman–Crippen LogP) is 2.75. The van der Waals surface area contributed by atoms with E-state index in [1.54, 1.807) is 0 Å². The molecule has 0 aliphatic rings. The number of aldehydes is 1. The largest absolute Gasteiger partial charge is 0.351 e. The Morgan fingerprint density at radius 1 is 1.40 bits per heavy atom. The van der Waals surface area contributed by atoms with Crippen LogP contribution in [0.2, 0.25) is 0 Å². The van der Waals surface area contributed by atoms with E-state index in [2.05, 4.69) is 23.7 Å². The first-order chi connectivity index (χ1) is 7.22. The molecule has 1 rings (SSSR count). The zero-order valence-electron chi connectivity index (χ0n) is 9.62. The Morgan fingerprint density at radius 3 is 2.67 bits per heavy atom. The Bertz CT molecular complexity index is 322. The van der Waals surface area contributed by atoms with Crippen molar-refractivity contribution in [3.05, 3.63) is 10.6 Å². The van der Waals surface area contributed by atoms with Crippen molar-refractivity contribution in [3.63, 3.8) is 0 Å². The number of carbonyl (C=O) groups excluding carboxylic acids is 1. The number of anilines is 1. The van der Waals surface area contributed by atoms with Gasteiger partial charge in [-0.05, 0) is 12.8 Å². The molecule has 0 amide bonds. The van der Waals surface area contributed by atoms with Gasteiger partial charge in [0, 0.05) is 13.6 Å². The van der Waals surface area contributed by atoms with E-state index >= 15 is 0 Å². The molecule has 0 saturated carbocycles. The number of aromatic nitrogens is 1. The van der Waals surface area contributed by atoms with Crippen LogP contribution in [0.3, 0.4) is 0 Å². The molecule has 0 fully saturated rings. The highest BCUT2D eigenvalue weighted by molar-refractivity contribution is 7.17. The topological polar surface area (TPSA) is 33.2 Å². The molecule has 3 nitrogen and oxygen atoms in total. The number of aryl methyl sites for hydroxylation is 1. The summed E-state index contributed by atoms with van der Waals surface area (Å²) in [6.07, 6.45) is 3.94. The normalized spacial score (nSPS) is 10.3. The first-order valence-electron chi connectivity index (χ1n) is 5.38. The molecular weight excluding hydrogens is 208 g/mol. The molecule has 0 unspecified atom stereocenters. The van der Waals surface area contributed by atoms with Gasteiger partial charge in [-0.2, -0.15) is 0 Å². The summed E-state index contributed by atoms with van der Waals surface area (Å²) >= 11 is 1.49. The lowest BCUT2D eigenvalue weighted by Crippen LogP contribution is -2.17. The molecule has 84 valence electrons. The van der Waals surface area contributed by atoms with Crippen LogP contribution in [-0.4, -0.2) is 24.9 Å². The molecule has 4 heteroatoms. The van der Waals surface area contributed by atoms with Crippen LogP contribution in [0, 0.1) is 0 Å². The van der Waals surface area contributed by atoms with Gasteiger partial charge in [0.25, 0.3) is 0 Å². The van der Waals surface area contributed by atoms with Crippen molar-refractivity contribution >= 4 is 22.8 Å². The van der Waals surface area contributed by atoms with Crippen molar-refractivity contribution in [2.24, 2.45) is 0 Å². The van der Waals surface area contributed by atoms with Gasteiger partial charge in [-0.25, -0.2) is 4.98 Å². The van der Waals surface area contributed by atoms with Crippen LogP contribution in [0.1, 0.15) is 42.1 Å². The van der Waals surface area contributed by atoms with Gasteiger partial charge in [-0.1, -0.05) is 31.6 Å². The Balaban J connectivity index is 2.86. The second-order valence-electron chi connectivity index (χ2n) is 3.60. The number of hydrogen-bond donors (Lipinski definition) is 0. The van der Waals surface area contributed by atoms with E-state index in [4.69, 9.17) is 0 Å². The van der Waals surface area contributed by atoms with E-state index in [0.29, 0.717) is 0 Å². The monoisotopic (exact) mass is 226 g/mol. The quantitative estimate of drug-likeness (QED) is 0.699. The minimum absolute atomic E-state index is 0.787. The van der Waals surface area contributed by atoms with Crippen LogP contribution in [-0.2, 0) is 6.42 Å². The summed E-state index contributed by atoms with van der Waals surface area (Å²) < 4.78 is 0. The summed E-state index contributed by atoms with van der Waals surface area (Å²) in [4.78, 5) is 18.2. The Kier molecular flexibility index (Phi) is 4.75. The highest BCUT2D eigenvalue weighted by Gasteiger charge is 2.12. The molecular formula is C11H18N2OS. The van der Waals surface area contributed by atoms with Crippen LogP contribution < -0.4 is 4.90 Å². The van der Waals surface area contributed by atoms with Gasteiger partial charge >= 0.3 is 0 Å². The second-order valence-corrected chi connectivity index (χ2v) is 4.61. The van der Waals surface area contributed by atoms with Crippen LogP contribution in [0.4, 0.5) is 5.13 Å². The van der Waals surface area contributed by atoms with E-state index in [0.717, 1.165) is 47.8 Å². The highest BCUT2D eigenvalue weighted by atomic mass is 32.1. The molecule has 1 heterocycles. The van der Waals surface area contributed by atoms with Crippen molar-refractivity contribution in [1.82, 2.24) is 4.98 Å². The molecule has 0 spiro atoms. The van der Waals surface area contributed by atoms with E-state index < -0.39 is 0 Å². The number of thiazole rings is 1. The van der Waals surface area contributed by atoms with Gasteiger partial charge in [0.15, 0.2) is 11.4 Å². The lowest BCUT2D eigenvalue weighted by atomic mass is 10.2. The van der Waals surface area contributed by atoms with Crippen LogP contribution in [0.5, 0.6) is 0 Å². The maximum absolute atomic E-state index is 10.8. The van der Waals surface area contributed by atoms with Crippen LogP contribution >= 0.6 is 11.3 Å². The lowest BCUT2D eigenvalue weighted by Gasteiger charge is -2.13. The van der Waals surface area contributed by atoms with Crippen molar-refractivity contribution in [1.29, 1.82) is 0 Å².